The molecule has 26 heavy (non-hydrogen) atoms. The molecule has 4 amide bonds. The van der Waals surface area contributed by atoms with Crippen LogP contribution in [0.1, 0.15) is 49.9 Å². The van der Waals surface area contributed by atoms with Crippen LogP contribution in [0.2, 0.25) is 0 Å². The Kier molecular flexibility index (Phi) is 7.00. The molecule has 1 fully saturated rings. The summed E-state index contributed by atoms with van der Waals surface area (Å²) in [5.74, 6) is -0.0491. The highest BCUT2D eigenvalue weighted by atomic mass is 16.2. The zero-order chi connectivity index (χ0) is 19.1. The number of nitrogens with two attached hydrogens (primary N) is 1. The topological polar surface area (TPSA) is 105 Å². The highest BCUT2D eigenvalue weighted by Crippen LogP contribution is 2.23. The highest BCUT2D eigenvalue weighted by molar-refractivity contribution is 5.97. The normalized spacial score (nSPS) is 17.0. The molecular weight excluding hydrogens is 332 g/mol. The van der Waals surface area contributed by atoms with Gasteiger partial charge in [0.15, 0.2) is 0 Å². The first-order valence-electron chi connectivity index (χ1n) is 9.10. The molecule has 0 aromatic heterocycles. The van der Waals surface area contributed by atoms with E-state index < -0.39 is 0 Å². The van der Waals surface area contributed by atoms with Crippen LogP contribution in [0, 0.1) is 5.92 Å². The SMILES string of the molecule is CC(C)NC(=O)Nc1cccc(C(=O)N2CCCC(CCC(N)=O)C2)c1. The maximum Gasteiger partial charge on any atom is 0.319 e. The fourth-order valence-electron chi connectivity index (χ4n) is 3.17. The van der Waals surface area contributed by atoms with Crippen molar-refractivity contribution in [2.75, 3.05) is 18.4 Å². The molecule has 2 rings (SSSR count). The number of urea groups is 1. The fourth-order valence-corrected chi connectivity index (χ4v) is 3.17. The number of carbonyl (C=O) groups is 3. The van der Waals surface area contributed by atoms with Gasteiger partial charge < -0.3 is 21.3 Å². The second-order valence-electron chi connectivity index (χ2n) is 7.10. The summed E-state index contributed by atoms with van der Waals surface area (Å²) in [7, 11) is 0. The van der Waals surface area contributed by atoms with Crippen molar-refractivity contribution in [3.8, 4) is 0 Å². The van der Waals surface area contributed by atoms with Crippen LogP contribution in [-0.2, 0) is 4.79 Å². The lowest BCUT2D eigenvalue weighted by Crippen LogP contribution is -2.40. The number of nitrogens with zero attached hydrogens (tertiary/aromatic N) is 1. The Labute approximate surface area is 154 Å². The summed E-state index contributed by atoms with van der Waals surface area (Å²) in [4.78, 5) is 37.4. The highest BCUT2D eigenvalue weighted by Gasteiger charge is 2.24. The van der Waals surface area contributed by atoms with Crippen LogP contribution in [0.25, 0.3) is 0 Å². The van der Waals surface area contributed by atoms with Crippen molar-refractivity contribution in [1.29, 1.82) is 0 Å². The van der Waals surface area contributed by atoms with Gasteiger partial charge in [-0.3, -0.25) is 9.59 Å². The molecule has 0 radical (unpaired) electrons. The van der Waals surface area contributed by atoms with E-state index >= 15 is 0 Å². The van der Waals surface area contributed by atoms with E-state index in [1.807, 2.05) is 18.7 Å². The quantitative estimate of drug-likeness (QED) is 0.725. The molecule has 4 N–H and O–H groups in total. The van der Waals surface area contributed by atoms with Crippen LogP contribution in [-0.4, -0.2) is 41.9 Å². The first kappa shape index (κ1) is 19.8. The third-order valence-corrected chi connectivity index (χ3v) is 4.39. The van der Waals surface area contributed by atoms with Crippen LogP contribution < -0.4 is 16.4 Å². The van der Waals surface area contributed by atoms with Crippen LogP contribution in [0.15, 0.2) is 24.3 Å². The van der Waals surface area contributed by atoms with Gasteiger partial charge in [0.05, 0.1) is 0 Å². The van der Waals surface area contributed by atoms with E-state index in [1.54, 1.807) is 24.3 Å². The summed E-state index contributed by atoms with van der Waals surface area (Å²) in [6.07, 6.45) is 3.01. The van der Waals surface area contributed by atoms with E-state index in [4.69, 9.17) is 5.73 Å². The summed E-state index contributed by atoms with van der Waals surface area (Å²) >= 11 is 0. The van der Waals surface area contributed by atoms with Gasteiger partial charge in [-0.2, -0.15) is 0 Å². The van der Waals surface area contributed by atoms with Crippen LogP contribution in [0.5, 0.6) is 0 Å². The van der Waals surface area contributed by atoms with Gasteiger partial charge in [-0.1, -0.05) is 6.07 Å². The molecule has 0 bridgehead atoms. The lowest BCUT2D eigenvalue weighted by molar-refractivity contribution is -0.118. The van der Waals surface area contributed by atoms with Crippen molar-refractivity contribution in [1.82, 2.24) is 10.2 Å². The molecule has 1 unspecified atom stereocenters. The molecule has 1 aromatic rings. The van der Waals surface area contributed by atoms with Crippen molar-refractivity contribution in [3.63, 3.8) is 0 Å². The Morgan fingerprint density at radius 2 is 2.08 bits per heavy atom. The summed E-state index contributed by atoms with van der Waals surface area (Å²) < 4.78 is 0. The first-order valence-corrected chi connectivity index (χ1v) is 9.10. The van der Waals surface area contributed by atoms with E-state index in [2.05, 4.69) is 10.6 Å². The third kappa shape index (κ3) is 6.06. The Bertz CT molecular complexity index is 660. The number of rotatable bonds is 6. The fraction of sp³-hybridized carbons (Fsp3) is 0.526. The molecule has 142 valence electrons. The predicted molar refractivity (Wildman–Crippen MR) is 101 cm³/mol. The Hall–Kier alpha value is -2.57. The van der Waals surface area contributed by atoms with Gasteiger partial charge in [0.25, 0.3) is 5.91 Å². The molecule has 1 aromatic carbocycles. The minimum Gasteiger partial charge on any atom is -0.370 e. The van der Waals surface area contributed by atoms with Gasteiger partial charge >= 0.3 is 6.03 Å². The van der Waals surface area contributed by atoms with Crippen molar-refractivity contribution >= 4 is 23.5 Å². The van der Waals surface area contributed by atoms with E-state index in [0.29, 0.717) is 36.7 Å². The van der Waals surface area contributed by atoms with Gasteiger partial charge in [0.1, 0.15) is 0 Å². The number of primary amides is 1. The van der Waals surface area contributed by atoms with Crippen LogP contribution >= 0.6 is 0 Å². The lowest BCUT2D eigenvalue weighted by atomic mass is 9.93. The zero-order valence-corrected chi connectivity index (χ0v) is 15.5. The Balaban J connectivity index is 1.99. The standard InChI is InChI=1S/C19H28N4O3/c1-13(2)21-19(26)22-16-7-3-6-15(11-16)18(25)23-10-4-5-14(12-23)8-9-17(20)24/h3,6-7,11,13-14H,4-5,8-10,12H2,1-2H3,(H2,20,24)(H2,21,22,26). The van der Waals surface area contributed by atoms with Gasteiger partial charge in [0.2, 0.25) is 5.91 Å². The van der Waals surface area contributed by atoms with E-state index in [-0.39, 0.29) is 23.9 Å². The van der Waals surface area contributed by atoms with Gasteiger partial charge in [-0.05, 0) is 57.2 Å². The van der Waals surface area contributed by atoms with Crippen molar-refractivity contribution in [2.24, 2.45) is 11.7 Å². The summed E-state index contributed by atoms with van der Waals surface area (Å²) in [6.45, 7) is 5.10. The molecular formula is C19H28N4O3. The molecule has 1 saturated heterocycles. The number of anilines is 1. The largest absolute Gasteiger partial charge is 0.370 e. The molecule has 7 heteroatoms. The molecule has 0 spiro atoms. The van der Waals surface area contributed by atoms with Gasteiger partial charge in [0, 0.05) is 36.8 Å². The molecule has 1 atom stereocenters. The average Bonchev–Trinajstić information content (AvgIpc) is 2.59. The Morgan fingerprint density at radius 1 is 1.31 bits per heavy atom. The number of nitrogens with one attached hydrogen (secondary N) is 2. The molecule has 0 saturated carbocycles. The van der Waals surface area contributed by atoms with Gasteiger partial charge in [-0.25, -0.2) is 4.79 Å². The number of hydrogen-bond donors (Lipinski definition) is 3. The maximum absolute atomic E-state index is 12.8. The number of benzene rings is 1. The molecule has 1 aliphatic heterocycles. The van der Waals surface area contributed by atoms with E-state index in [0.717, 1.165) is 19.3 Å². The van der Waals surface area contributed by atoms with Gasteiger partial charge in [-0.15, -0.1) is 0 Å². The minimum atomic E-state index is -0.299. The van der Waals surface area contributed by atoms with E-state index in [9.17, 15) is 14.4 Å². The second kappa shape index (κ2) is 9.22. The lowest BCUT2D eigenvalue weighted by Gasteiger charge is -2.32. The maximum atomic E-state index is 12.8. The first-order chi connectivity index (χ1) is 12.3. The number of likely N-dealkylation sites (tertiary alicyclic amines) is 1. The third-order valence-electron chi connectivity index (χ3n) is 4.39. The summed E-state index contributed by atoms with van der Waals surface area (Å²) in [5, 5.41) is 5.49. The van der Waals surface area contributed by atoms with Crippen molar-refractivity contribution in [3.05, 3.63) is 29.8 Å². The minimum absolute atomic E-state index is 0.0329. The molecule has 1 heterocycles. The Morgan fingerprint density at radius 3 is 2.77 bits per heavy atom. The number of hydrogen-bond acceptors (Lipinski definition) is 3. The smallest absolute Gasteiger partial charge is 0.319 e. The monoisotopic (exact) mass is 360 g/mol. The second-order valence-corrected chi connectivity index (χ2v) is 7.10. The van der Waals surface area contributed by atoms with Crippen LogP contribution in [0.3, 0.4) is 0 Å². The predicted octanol–water partition coefficient (Wildman–Crippen LogP) is 2.33. The molecule has 1 aliphatic rings. The average molecular weight is 360 g/mol. The molecule has 7 nitrogen and oxygen atoms in total. The van der Waals surface area contributed by atoms with Crippen molar-refractivity contribution in [2.45, 2.75) is 45.6 Å². The number of carbonyl (C=O) groups excluding carboxylic acids is 3. The van der Waals surface area contributed by atoms with Crippen molar-refractivity contribution < 1.29 is 14.4 Å². The zero-order valence-electron chi connectivity index (χ0n) is 15.5. The summed E-state index contributed by atoms with van der Waals surface area (Å²) in [6, 6.07) is 6.69. The van der Waals surface area contributed by atoms with E-state index in [1.165, 1.54) is 0 Å². The summed E-state index contributed by atoms with van der Waals surface area (Å²) in [5.41, 5.74) is 6.35. The number of amides is 4. The molecule has 0 aliphatic carbocycles. The number of piperidine rings is 1. The van der Waals surface area contributed by atoms with Crippen LogP contribution in [0.4, 0.5) is 10.5 Å².